The van der Waals surface area contributed by atoms with Gasteiger partial charge in [-0.05, 0) is 48.2 Å². The van der Waals surface area contributed by atoms with Crippen molar-refractivity contribution in [1.29, 1.82) is 0 Å². The molecule has 0 N–H and O–H groups in total. The van der Waals surface area contributed by atoms with E-state index in [4.69, 9.17) is 0 Å². The Labute approximate surface area is 133 Å². The Morgan fingerprint density at radius 1 is 0.818 bits per heavy atom. The number of nitrogens with zero attached hydrogens (tertiary/aromatic N) is 2. The molecule has 2 nitrogen and oxygen atoms in total. The van der Waals surface area contributed by atoms with Crippen molar-refractivity contribution in [2.24, 2.45) is 0 Å². The summed E-state index contributed by atoms with van der Waals surface area (Å²) in [7, 11) is 0. The fourth-order valence-electron chi connectivity index (χ4n) is 4.21. The van der Waals surface area contributed by atoms with E-state index in [1.165, 1.54) is 68.1 Å². The molecule has 0 saturated carbocycles. The highest BCUT2D eigenvalue weighted by Crippen LogP contribution is 2.26. The fraction of sp³-hybridized carbons (Fsp3) is 0.500. The van der Waals surface area contributed by atoms with E-state index < -0.39 is 0 Å². The first-order valence-electron chi connectivity index (χ1n) is 8.86. The van der Waals surface area contributed by atoms with Crippen molar-refractivity contribution in [2.75, 3.05) is 19.6 Å². The second-order valence-electron chi connectivity index (χ2n) is 6.87. The minimum absolute atomic E-state index is 0.683. The lowest BCUT2D eigenvalue weighted by atomic mass is 10.1. The lowest BCUT2D eigenvalue weighted by molar-refractivity contribution is -0.000324. The van der Waals surface area contributed by atoms with Crippen LogP contribution in [-0.4, -0.2) is 35.6 Å². The molecular formula is C20H26N2. The largest absolute Gasteiger partial charge is 0.288 e. The van der Waals surface area contributed by atoms with Crippen LogP contribution in [-0.2, 0) is 6.54 Å². The van der Waals surface area contributed by atoms with Crippen LogP contribution in [0, 0.1) is 0 Å². The molecule has 4 rings (SSSR count). The Balaban J connectivity index is 1.55. The average molecular weight is 294 g/mol. The normalized spacial score (nSPS) is 24.1. The van der Waals surface area contributed by atoms with Gasteiger partial charge in [-0.1, -0.05) is 49.2 Å². The summed E-state index contributed by atoms with van der Waals surface area (Å²) in [5.74, 6) is 0. The Hall–Kier alpha value is -1.38. The van der Waals surface area contributed by atoms with Gasteiger partial charge < -0.3 is 0 Å². The van der Waals surface area contributed by atoms with Gasteiger partial charge in [0.25, 0.3) is 0 Å². The first kappa shape index (κ1) is 14.2. The molecular weight excluding hydrogens is 268 g/mol. The summed E-state index contributed by atoms with van der Waals surface area (Å²) in [5.41, 5.74) is 1.46. The van der Waals surface area contributed by atoms with Gasteiger partial charge in [-0.15, -0.1) is 0 Å². The number of hydrogen-bond donors (Lipinski definition) is 0. The first-order chi connectivity index (χ1) is 10.9. The molecule has 2 aromatic carbocycles. The minimum Gasteiger partial charge on any atom is -0.288 e. The Morgan fingerprint density at radius 3 is 2.64 bits per heavy atom. The topological polar surface area (TPSA) is 6.48 Å². The molecule has 2 heterocycles. The molecule has 0 spiro atoms. The van der Waals surface area contributed by atoms with Crippen molar-refractivity contribution in [2.45, 2.75) is 44.8 Å². The minimum atomic E-state index is 0.683. The summed E-state index contributed by atoms with van der Waals surface area (Å²) >= 11 is 0. The van der Waals surface area contributed by atoms with Crippen molar-refractivity contribution in [3.63, 3.8) is 0 Å². The molecule has 116 valence electrons. The summed E-state index contributed by atoms with van der Waals surface area (Å²) < 4.78 is 0. The van der Waals surface area contributed by atoms with Crippen LogP contribution in [0.1, 0.15) is 37.7 Å². The summed E-state index contributed by atoms with van der Waals surface area (Å²) in [6, 6.07) is 15.7. The van der Waals surface area contributed by atoms with Crippen LogP contribution in [0.4, 0.5) is 0 Å². The van der Waals surface area contributed by atoms with E-state index in [0.29, 0.717) is 6.17 Å². The Kier molecular flexibility index (Phi) is 4.13. The van der Waals surface area contributed by atoms with Crippen LogP contribution in [0.15, 0.2) is 42.5 Å². The van der Waals surface area contributed by atoms with Gasteiger partial charge in [0, 0.05) is 19.6 Å². The quantitative estimate of drug-likeness (QED) is 0.817. The molecule has 2 aromatic rings. The van der Waals surface area contributed by atoms with E-state index in [9.17, 15) is 0 Å². The Bertz CT molecular complexity index is 636. The third-order valence-corrected chi connectivity index (χ3v) is 5.34. The lowest BCUT2D eigenvalue weighted by Crippen LogP contribution is -2.52. The highest BCUT2D eigenvalue weighted by atomic mass is 15.4. The Morgan fingerprint density at radius 2 is 1.68 bits per heavy atom. The van der Waals surface area contributed by atoms with Gasteiger partial charge in [0.2, 0.25) is 0 Å². The van der Waals surface area contributed by atoms with Gasteiger partial charge in [0.05, 0.1) is 6.17 Å². The fourth-order valence-corrected chi connectivity index (χ4v) is 4.21. The smallest absolute Gasteiger partial charge is 0.0625 e. The van der Waals surface area contributed by atoms with E-state index in [2.05, 4.69) is 52.3 Å². The van der Waals surface area contributed by atoms with Gasteiger partial charge >= 0.3 is 0 Å². The first-order valence-corrected chi connectivity index (χ1v) is 8.86. The van der Waals surface area contributed by atoms with Crippen LogP contribution in [0.2, 0.25) is 0 Å². The number of hydrogen-bond acceptors (Lipinski definition) is 2. The molecule has 22 heavy (non-hydrogen) atoms. The molecule has 1 atom stereocenters. The summed E-state index contributed by atoms with van der Waals surface area (Å²) in [6.45, 7) is 4.97. The third-order valence-electron chi connectivity index (χ3n) is 5.34. The van der Waals surface area contributed by atoms with Crippen LogP contribution in [0.3, 0.4) is 0 Å². The maximum Gasteiger partial charge on any atom is 0.0625 e. The molecule has 0 aliphatic carbocycles. The number of fused-ring (bicyclic) bond motifs is 2. The van der Waals surface area contributed by atoms with Crippen molar-refractivity contribution in [3.05, 3.63) is 48.0 Å². The van der Waals surface area contributed by atoms with E-state index in [1.54, 1.807) is 0 Å². The standard InChI is InChI=1S/C20H26N2/c1-2-9-20-21(12-5-1)13-6-14-22(20)16-17-10-11-18-7-3-4-8-19(18)15-17/h3-4,7-8,10-11,15,20H,1-2,5-6,9,12-14,16H2. The van der Waals surface area contributed by atoms with E-state index >= 15 is 0 Å². The summed E-state index contributed by atoms with van der Waals surface area (Å²) in [6.07, 6.45) is 7.56. The van der Waals surface area contributed by atoms with Gasteiger partial charge in [-0.3, -0.25) is 9.80 Å². The second-order valence-corrected chi connectivity index (χ2v) is 6.87. The van der Waals surface area contributed by atoms with E-state index in [-0.39, 0.29) is 0 Å². The van der Waals surface area contributed by atoms with E-state index in [0.717, 1.165) is 6.54 Å². The highest BCUT2D eigenvalue weighted by molar-refractivity contribution is 5.82. The third kappa shape index (κ3) is 2.90. The molecule has 2 saturated heterocycles. The van der Waals surface area contributed by atoms with Crippen molar-refractivity contribution in [3.8, 4) is 0 Å². The van der Waals surface area contributed by atoms with E-state index in [1.807, 2.05) is 0 Å². The molecule has 0 bridgehead atoms. The molecule has 0 amide bonds. The molecule has 2 aliphatic heterocycles. The van der Waals surface area contributed by atoms with Gasteiger partial charge in [-0.25, -0.2) is 0 Å². The van der Waals surface area contributed by atoms with Crippen molar-refractivity contribution in [1.82, 2.24) is 9.80 Å². The van der Waals surface area contributed by atoms with Crippen LogP contribution < -0.4 is 0 Å². The zero-order valence-electron chi connectivity index (χ0n) is 13.4. The van der Waals surface area contributed by atoms with Crippen molar-refractivity contribution >= 4 is 10.8 Å². The van der Waals surface area contributed by atoms with Crippen LogP contribution in [0.5, 0.6) is 0 Å². The highest BCUT2D eigenvalue weighted by Gasteiger charge is 2.29. The molecule has 2 fully saturated rings. The predicted molar refractivity (Wildman–Crippen MR) is 92.8 cm³/mol. The number of rotatable bonds is 2. The SMILES string of the molecule is c1ccc2cc(CN3CCCN4CCCCCC43)ccc2c1. The zero-order valence-corrected chi connectivity index (χ0v) is 13.4. The molecule has 0 radical (unpaired) electrons. The van der Waals surface area contributed by atoms with Crippen molar-refractivity contribution < 1.29 is 0 Å². The molecule has 1 unspecified atom stereocenters. The van der Waals surface area contributed by atoms with Gasteiger partial charge in [-0.2, -0.15) is 0 Å². The number of benzene rings is 2. The summed E-state index contributed by atoms with van der Waals surface area (Å²) in [4.78, 5) is 5.45. The van der Waals surface area contributed by atoms with Crippen LogP contribution in [0.25, 0.3) is 10.8 Å². The molecule has 0 aromatic heterocycles. The summed E-state index contributed by atoms with van der Waals surface area (Å²) in [5, 5.41) is 2.72. The molecule has 2 aliphatic rings. The second kappa shape index (κ2) is 6.39. The maximum absolute atomic E-state index is 2.73. The average Bonchev–Trinajstić information content (AvgIpc) is 2.81. The van der Waals surface area contributed by atoms with Gasteiger partial charge in [0.1, 0.15) is 0 Å². The monoisotopic (exact) mass is 294 g/mol. The van der Waals surface area contributed by atoms with Gasteiger partial charge in [0.15, 0.2) is 0 Å². The van der Waals surface area contributed by atoms with Crippen LogP contribution >= 0.6 is 0 Å². The lowest BCUT2D eigenvalue weighted by Gasteiger charge is -2.43. The molecule has 2 heteroatoms. The maximum atomic E-state index is 2.73. The zero-order chi connectivity index (χ0) is 14.8. The predicted octanol–water partition coefficient (Wildman–Crippen LogP) is 4.25.